The number of fused-ring (bicyclic) bond motifs is 3. The second-order valence-electron chi connectivity index (χ2n) is 4.03. The molecule has 0 saturated carbocycles. The van der Waals surface area contributed by atoms with Crippen molar-refractivity contribution in [2.75, 3.05) is 6.61 Å². The van der Waals surface area contributed by atoms with E-state index in [0.717, 1.165) is 0 Å². The molecular formula is C6H8O11S. The fourth-order valence-electron chi connectivity index (χ4n) is 2.01. The Hall–Kier alpha value is -0.410. The van der Waals surface area contributed by atoms with Gasteiger partial charge in [-0.15, -0.1) is 0 Å². The van der Waals surface area contributed by atoms with E-state index in [0.29, 0.717) is 0 Å². The third-order valence-corrected chi connectivity index (χ3v) is 3.85. The fraction of sp³-hybridized carbons (Fsp3) is 1.00. The SMILES string of the molecule is O=S1(=O)OC2(O)O[C@H](CO)[C@@]3(O)O[C@]3(O)[C@@]2(O)O1. The van der Waals surface area contributed by atoms with Gasteiger partial charge in [-0.3, -0.25) is 0 Å². The van der Waals surface area contributed by atoms with E-state index >= 15 is 0 Å². The number of rotatable bonds is 1. The van der Waals surface area contributed by atoms with Crippen LogP contribution in [0.1, 0.15) is 0 Å². The standard InChI is InChI=1S/C6H8O11S/c7-1-2-3(8)4(9,15-3)5(10)6(11,14-2)17-18(12,13)16-5/h2,7-11H,1H2/t2-,3-,4+,5-,6?/m1/s1. The molecule has 5 N–H and O–H groups in total. The predicted molar refractivity (Wildman–Crippen MR) is 43.9 cm³/mol. The summed E-state index contributed by atoms with van der Waals surface area (Å²) in [7, 11) is -4.91. The molecule has 1 unspecified atom stereocenters. The zero-order valence-corrected chi connectivity index (χ0v) is 9.19. The molecule has 104 valence electrons. The van der Waals surface area contributed by atoms with E-state index < -0.39 is 46.4 Å². The molecule has 3 aliphatic rings. The van der Waals surface area contributed by atoms with Gasteiger partial charge in [-0.2, -0.15) is 16.8 Å². The Labute approximate surface area is 99.0 Å². The van der Waals surface area contributed by atoms with Crippen molar-refractivity contribution in [1.82, 2.24) is 0 Å². The van der Waals surface area contributed by atoms with Gasteiger partial charge in [0.15, 0.2) is 0 Å². The summed E-state index contributed by atoms with van der Waals surface area (Å²) in [5.41, 5.74) is 0. The van der Waals surface area contributed by atoms with Crippen molar-refractivity contribution in [2.24, 2.45) is 0 Å². The summed E-state index contributed by atoms with van der Waals surface area (Å²) in [6.45, 7) is -0.972. The van der Waals surface area contributed by atoms with E-state index in [1.807, 2.05) is 0 Å². The molecular weight excluding hydrogens is 280 g/mol. The fourth-order valence-corrected chi connectivity index (χ4v) is 2.99. The van der Waals surface area contributed by atoms with Gasteiger partial charge in [-0.25, -0.2) is 0 Å². The largest absolute Gasteiger partial charge is 0.407 e. The highest BCUT2D eigenvalue weighted by Gasteiger charge is 2.96. The molecule has 5 atom stereocenters. The van der Waals surface area contributed by atoms with E-state index in [1.54, 1.807) is 0 Å². The average Bonchev–Trinajstić information content (AvgIpc) is 2.71. The number of hydrogen-bond acceptors (Lipinski definition) is 11. The number of aliphatic hydroxyl groups excluding tert-OH is 1. The first-order chi connectivity index (χ1) is 8.04. The van der Waals surface area contributed by atoms with Crippen molar-refractivity contribution in [3.63, 3.8) is 0 Å². The van der Waals surface area contributed by atoms with Crippen LogP contribution in [0, 0.1) is 0 Å². The minimum Gasteiger partial charge on any atom is -0.393 e. The van der Waals surface area contributed by atoms with E-state index in [2.05, 4.69) is 17.8 Å². The quantitative estimate of drug-likeness (QED) is 0.293. The van der Waals surface area contributed by atoms with Crippen molar-refractivity contribution < 1.29 is 51.8 Å². The molecule has 3 aliphatic heterocycles. The Morgan fingerprint density at radius 2 is 1.67 bits per heavy atom. The van der Waals surface area contributed by atoms with Crippen LogP contribution >= 0.6 is 0 Å². The number of epoxide rings is 1. The number of aliphatic hydroxyl groups is 5. The third-order valence-electron chi connectivity index (χ3n) is 2.98. The Morgan fingerprint density at radius 1 is 1.06 bits per heavy atom. The maximum atomic E-state index is 11.1. The third kappa shape index (κ3) is 1.07. The lowest BCUT2D eigenvalue weighted by molar-refractivity contribution is -0.477. The molecule has 0 radical (unpaired) electrons. The molecule has 0 aliphatic carbocycles. The second-order valence-corrected chi connectivity index (χ2v) is 5.18. The molecule has 3 fully saturated rings. The van der Waals surface area contributed by atoms with Gasteiger partial charge in [-0.1, -0.05) is 0 Å². The van der Waals surface area contributed by atoms with Gasteiger partial charge in [0, 0.05) is 0 Å². The summed E-state index contributed by atoms with van der Waals surface area (Å²) in [5.74, 6) is -12.5. The molecule has 0 amide bonds. The summed E-state index contributed by atoms with van der Waals surface area (Å²) < 4.78 is 38.9. The Balaban J connectivity index is 2.14. The van der Waals surface area contributed by atoms with Crippen LogP contribution in [0.15, 0.2) is 0 Å². The van der Waals surface area contributed by atoms with Gasteiger partial charge in [0.25, 0.3) is 11.6 Å². The van der Waals surface area contributed by atoms with Crippen molar-refractivity contribution in [2.45, 2.75) is 29.4 Å². The Morgan fingerprint density at radius 3 is 2.22 bits per heavy atom. The molecule has 0 aromatic carbocycles. The van der Waals surface area contributed by atoms with E-state index in [4.69, 9.17) is 5.11 Å². The van der Waals surface area contributed by atoms with Crippen LogP contribution in [0.25, 0.3) is 0 Å². The lowest BCUT2D eigenvalue weighted by atomic mass is 9.94. The van der Waals surface area contributed by atoms with Gasteiger partial charge >= 0.3 is 22.2 Å². The molecule has 11 nitrogen and oxygen atoms in total. The van der Waals surface area contributed by atoms with Crippen molar-refractivity contribution in [3.05, 3.63) is 0 Å². The van der Waals surface area contributed by atoms with Crippen LogP contribution in [0.2, 0.25) is 0 Å². The molecule has 3 heterocycles. The zero-order valence-electron chi connectivity index (χ0n) is 8.38. The van der Waals surface area contributed by atoms with Crippen LogP contribution in [0.4, 0.5) is 0 Å². The molecule has 18 heavy (non-hydrogen) atoms. The van der Waals surface area contributed by atoms with Crippen LogP contribution in [0.3, 0.4) is 0 Å². The van der Waals surface area contributed by atoms with Crippen LogP contribution in [-0.4, -0.2) is 70.0 Å². The second kappa shape index (κ2) is 2.85. The smallest absolute Gasteiger partial charge is 0.393 e. The van der Waals surface area contributed by atoms with E-state index in [9.17, 15) is 28.8 Å². The van der Waals surface area contributed by atoms with Crippen LogP contribution in [-0.2, 0) is 28.2 Å². The van der Waals surface area contributed by atoms with Crippen molar-refractivity contribution in [3.8, 4) is 0 Å². The maximum absolute atomic E-state index is 11.1. The predicted octanol–water partition coefficient (Wildman–Crippen LogP) is -4.59. The van der Waals surface area contributed by atoms with Gasteiger partial charge in [0.1, 0.15) is 6.10 Å². The van der Waals surface area contributed by atoms with Crippen LogP contribution in [0.5, 0.6) is 0 Å². The first kappa shape index (κ1) is 12.6. The lowest BCUT2D eigenvalue weighted by Gasteiger charge is -2.40. The van der Waals surface area contributed by atoms with E-state index in [-0.39, 0.29) is 0 Å². The average molecular weight is 288 g/mol. The van der Waals surface area contributed by atoms with Gasteiger partial charge in [-0.05, 0) is 0 Å². The minimum absolute atomic E-state index is 0.972. The van der Waals surface area contributed by atoms with Gasteiger partial charge < -0.3 is 35.0 Å². The Kier molecular flexibility index (Phi) is 2.00. The summed E-state index contributed by atoms with van der Waals surface area (Å²) in [6.07, 6.45) is -1.77. The topological polar surface area (TPSA) is 176 Å². The van der Waals surface area contributed by atoms with Crippen LogP contribution < -0.4 is 0 Å². The van der Waals surface area contributed by atoms with Gasteiger partial charge in [0.05, 0.1) is 6.61 Å². The monoisotopic (exact) mass is 288 g/mol. The highest BCUT2D eigenvalue weighted by Crippen LogP contribution is 2.64. The summed E-state index contributed by atoms with van der Waals surface area (Å²) in [5, 5.41) is 48.0. The molecule has 0 aromatic heterocycles. The maximum Gasteiger partial charge on any atom is 0.407 e. The normalized spacial score (nSPS) is 61.1. The van der Waals surface area contributed by atoms with Crippen molar-refractivity contribution >= 4 is 10.4 Å². The van der Waals surface area contributed by atoms with E-state index in [1.165, 1.54) is 0 Å². The summed E-state index contributed by atoms with van der Waals surface area (Å²) in [4.78, 5) is 0. The number of ether oxygens (including phenoxy) is 2. The molecule has 3 saturated heterocycles. The first-order valence-corrected chi connectivity index (χ1v) is 5.91. The minimum atomic E-state index is -4.91. The first-order valence-electron chi connectivity index (χ1n) is 4.58. The van der Waals surface area contributed by atoms with Gasteiger partial charge in [0.2, 0.25) is 0 Å². The van der Waals surface area contributed by atoms with Crippen molar-refractivity contribution in [1.29, 1.82) is 0 Å². The summed E-state index contributed by atoms with van der Waals surface area (Å²) >= 11 is 0. The molecule has 3 rings (SSSR count). The molecule has 0 bridgehead atoms. The highest BCUT2D eigenvalue weighted by atomic mass is 32.3. The zero-order chi connectivity index (χ0) is 13.6. The lowest BCUT2D eigenvalue weighted by Crippen LogP contribution is -2.71. The number of hydrogen-bond donors (Lipinski definition) is 5. The molecule has 12 heteroatoms. The Bertz CT molecular complexity index is 518. The summed E-state index contributed by atoms with van der Waals surface area (Å²) in [6, 6.07) is 0. The molecule has 0 aromatic rings. The molecule has 0 spiro atoms. The highest BCUT2D eigenvalue weighted by molar-refractivity contribution is 7.82.